The average molecular weight is 218 g/mol. The van der Waals surface area contributed by atoms with E-state index in [1.54, 1.807) is 0 Å². The zero-order valence-corrected chi connectivity index (χ0v) is 8.68. The summed E-state index contributed by atoms with van der Waals surface area (Å²) in [5.74, 6) is 0.842. The van der Waals surface area contributed by atoms with Gasteiger partial charge in [-0.15, -0.1) is 6.58 Å². The Hall–Kier alpha value is 0.180. The molecule has 0 aromatic heterocycles. The molecule has 0 aliphatic carbocycles. The maximum atomic E-state index is 3.76. The maximum Gasteiger partial charge on any atom is 0.0222 e. The molecule has 1 heterocycles. The number of likely N-dealkylation sites (tertiary alicyclic amines) is 1. The van der Waals surface area contributed by atoms with Gasteiger partial charge in [-0.25, -0.2) is 0 Å². The molecule has 0 bridgehead atoms. The summed E-state index contributed by atoms with van der Waals surface area (Å²) in [5.41, 5.74) is 0. The van der Waals surface area contributed by atoms with Gasteiger partial charge in [-0.05, 0) is 18.9 Å². The standard InChI is InChI=1S/C9H16BrN/c1-3-5-11-6-4-8(2)9(11)7-10/h3,8-9H,1,4-7H2,2H3. The largest absolute Gasteiger partial charge is 0.296 e. The van der Waals surface area contributed by atoms with Gasteiger partial charge >= 0.3 is 0 Å². The van der Waals surface area contributed by atoms with Gasteiger partial charge in [-0.3, -0.25) is 4.90 Å². The lowest BCUT2D eigenvalue weighted by Crippen LogP contribution is -2.33. The molecule has 0 N–H and O–H groups in total. The van der Waals surface area contributed by atoms with E-state index in [-0.39, 0.29) is 0 Å². The molecule has 64 valence electrons. The van der Waals surface area contributed by atoms with E-state index in [2.05, 4.69) is 34.3 Å². The van der Waals surface area contributed by atoms with Crippen molar-refractivity contribution in [2.24, 2.45) is 5.92 Å². The molecule has 1 rings (SSSR count). The Morgan fingerprint density at radius 1 is 1.73 bits per heavy atom. The van der Waals surface area contributed by atoms with Crippen LogP contribution >= 0.6 is 15.9 Å². The van der Waals surface area contributed by atoms with Gasteiger partial charge < -0.3 is 0 Å². The SMILES string of the molecule is C=CCN1CCC(C)C1CBr. The van der Waals surface area contributed by atoms with E-state index in [9.17, 15) is 0 Å². The van der Waals surface area contributed by atoms with Crippen molar-refractivity contribution < 1.29 is 0 Å². The van der Waals surface area contributed by atoms with E-state index in [1.807, 2.05) is 6.08 Å². The zero-order valence-electron chi connectivity index (χ0n) is 7.09. The van der Waals surface area contributed by atoms with E-state index in [1.165, 1.54) is 13.0 Å². The van der Waals surface area contributed by atoms with Crippen molar-refractivity contribution in [3.05, 3.63) is 12.7 Å². The third-order valence-corrected chi connectivity index (χ3v) is 3.18. The fourth-order valence-electron chi connectivity index (χ4n) is 1.73. The van der Waals surface area contributed by atoms with Crippen molar-refractivity contribution in [3.63, 3.8) is 0 Å². The summed E-state index contributed by atoms with van der Waals surface area (Å²) in [4.78, 5) is 2.49. The molecule has 0 saturated carbocycles. The first-order chi connectivity index (χ1) is 5.29. The van der Waals surface area contributed by atoms with Crippen LogP contribution in [0.25, 0.3) is 0 Å². The molecule has 0 aromatic carbocycles. The van der Waals surface area contributed by atoms with Crippen LogP contribution in [0, 0.1) is 5.92 Å². The minimum atomic E-state index is 0.730. The van der Waals surface area contributed by atoms with Crippen molar-refractivity contribution in [1.82, 2.24) is 4.90 Å². The normalized spacial score (nSPS) is 32.5. The Bertz CT molecular complexity index is 136. The molecule has 0 radical (unpaired) electrons. The molecule has 1 fully saturated rings. The predicted molar refractivity (Wildman–Crippen MR) is 53.1 cm³/mol. The molecule has 1 aliphatic rings. The fourth-order valence-corrected chi connectivity index (χ4v) is 2.78. The smallest absolute Gasteiger partial charge is 0.0222 e. The maximum absolute atomic E-state index is 3.76. The lowest BCUT2D eigenvalue weighted by atomic mass is 10.1. The van der Waals surface area contributed by atoms with Crippen LogP contribution in [0.5, 0.6) is 0 Å². The van der Waals surface area contributed by atoms with Crippen LogP contribution in [-0.4, -0.2) is 29.4 Å². The lowest BCUT2D eigenvalue weighted by molar-refractivity contribution is 0.279. The van der Waals surface area contributed by atoms with Crippen LogP contribution in [0.3, 0.4) is 0 Å². The summed E-state index contributed by atoms with van der Waals surface area (Å²) in [5, 5.41) is 1.10. The summed E-state index contributed by atoms with van der Waals surface area (Å²) in [6.07, 6.45) is 3.33. The Labute approximate surface area is 77.6 Å². The number of rotatable bonds is 3. The molecule has 0 spiro atoms. The van der Waals surface area contributed by atoms with Crippen molar-refractivity contribution in [2.75, 3.05) is 18.4 Å². The minimum Gasteiger partial charge on any atom is -0.296 e. The molecule has 2 atom stereocenters. The third kappa shape index (κ3) is 2.06. The van der Waals surface area contributed by atoms with E-state index < -0.39 is 0 Å². The van der Waals surface area contributed by atoms with Gasteiger partial charge in [-0.2, -0.15) is 0 Å². The molecular formula is C9H16BrN. The van der Waals surface area contributed by atoms with Crippen molar-refractivity contribution in [1.29, 1.82) is 0 Å². The Kier molecular flexibility index (Phi) is 3.60. The monoisotopic (exact) mass is 217 g/mol. The summed E-state index contributed by atoms with van der Waals surface area (Å²) >= 11 is 3.55. The second kappa shape index (κ2) is 4.27. The van der Waals surface area contributed by atoms with Gasteiger partial charge in [0.05, 0.1) is 0 Å². The highest BCUT2D eigenvalue weighted by atomic mass is 79.9. The Morgan fingerprint density at radius 2 is 2.45 bits per heavy atom. The molecule has 11 heavy (non-hydrogen) atoms. The highest BCUT2D eigenvalue weighted by Gasteiger charge is 2.28. The second-order valence-corrected chi connectivity index (χ2v) is 3.92. The molecule has 2 unspecified atom stereocenters. The Balaban J connectivity index is 2.46. The van der Waals surface area contributed by atoms with Crippen LogP contribution in [0.15, 0.2) is 12.7 Å². The molecule has 2 heteroatoms. The van der Waals surface area contributed by atoms with Gasteiger partial charge in [0.2, 0.25) is 0 Å². The van der Waals surface area contributed by atoms with Crippen LogP contribution in [0.2, 0.25) is 0 Å². The predicted octanol–water partition coefficient (Wildman–Crippen LogP) is 2.28. The average Bonchev–Trinajstić information content (AvgIpc) is 2.33. The Morgan fingerprint density at radius 3 is 3.00 bits per heavy atom. The molecule has 0 amide bonds. The van der Waals surface area contributed by atoms with Gasteiger partial charge in [-0.1, -0.05) is 28.9 Å². The molecule has 1 nitrogen and oxygen atoms in total. The molecule has 1 saturated heterocycles. The molecular weight excluding hydrogens is 202 g/mol. The quantitative estimate of drug-likeness (QED) is 0.519. The summed E-state index contributed by atoms with van der Waals surface area (Å²) in [6, 6.07) is 0.730. The summed E-state index contributed by atoms with van der Waals surface area (Å²) in [7, 11) is 0. The number of alkyl halides is 1. The summed E-state index contributed by atoms with van der Waals surface area (Å²) in [6.45, 7) is 8.37. The van der Waals surface area contributed by atoms with Crippen molar-refractivity contribution in [2.45, 2.75) is 19.4 Å². The van der Waals surface area contributed by atoms with Crippen LogP contribution in [-0.2, 0) is 0 Å². The topological polar surface area (TPSA) is 3.24 Å². The molecule has 0 aromatic rings. The lowest BCUT2D eigenvalue weighted by Gasteiger charge is -2.23. The van der Waals surface area contributed by atoms with Crippen LogP contribution in [0.4, 0.5) is 0 Å². The van der Waals surface area contributed by atoms with Crippen molar-refractivity contribution in [3.8, 4) is 0 Å². The summed E-state index contributed by atoms with van der Waals surface area (Å²) < 4.78 is 0. The first-order valence-electron chi connectivity index (χ1n) is 4.20. The first-order valence-corrected chi connectivity index (χ1v) is 5.32. The van der Waals surface area contributed by atoms with E-state index in [0.717, 1.165) is 23.8 Å². The number of nitrogens with zero attached hydrogens (tertiary/aromatic N) is 1. The van der Waals surface area contributed by atoms with Gasteiger partial charge in [0.1, 0.15) is 0 Å². The van der Waals surface area contributed by atoms with Gasteiger partial charge in [0.25, 0.3) is 0 Å². The second-order valence-electron chi connectivity index (χ2n) is 3.27. The zero-order chi connectivity index (χ0) is 8.27. The number of hydrogen-bond acceptors (Lipinski definition) is 1. The number of halogens is 1. The van der Waals surface area contributed by atoms with Crippen LogP contribution in [0.1, 0.15) is 13.3 Å². The third-order valence-electron chi connectivity index (χ3n) is 2.52. The van der Waals surface area contributed by atoms with Crippen molar-refractivity contribution >= 4 is 15.9 Å². The highest BCUT2D eigenvalue weighted by Crippen LogP contribution is 2.24. The fraction of sp³-hybridized carbons (Fsp3) is 0.778. The van der Waals surface area contributed by atoms with E-state index in [0.29, 0.717) is 0 Å². The minimum absolute atomic E-state index is 0.730. The highest BCUT2D eigenvalue weighted by molar-refractivity contribution is 9.09. The van der Waals surface area contributed by atoms with Crippen LogP contribution < -0.4 is 0 Å². The van der Waals surface area contributed by atoms with E-state index >= 15 is 0 Å². The number of hydrogen-bond donors (Lipinski definition) is 0. The molecule has 1 aliphatic heterocycles. The van der Waals surface area contributed by atoms with Gasteiger partial charge in [0, 0.05) is 17.9 Å². The van der Waals surface area contributed by atoms with E-state index in [4.69, 9.17) is 0 Å². The first kappa shape index (κ1) is 9.27. The van der Waals surface area contributed by atoms with Gasteiger partial charge in [0.15, 0.2) is 0 Å².